The number of aryl methyl sites for hydroxylation is 1. The smallest absolute Gasteiger partial charge is 0.350 e. The molecule has 2 heterocycles. The number of nitro groups is 1. The summed E-state index contributed by atoms with van der Waals surface area (Å²) in [6.07, 6.45) is 0. The van der Waals surface area contributed by atoms with Gasteiger partial charge in [0.1, 0.15) is 10.6 Å². The van der Waals surface area contributed by atoms with Crippen molar-refractivity contribution in [2.24, 2.45) is 0 Å². The lowest BCUT2D eigenvalue weighted by Crippen LogP contribution is -2.29. The first kappa shape index (κ1) is 24.0. The van der Waals surface area contributed by atoms with Crippen LogP contribution in [-0.2, 0) is 14.3 Å². The number of hydrogen-bond donors (Lipinski definition) is 1. The molecule has 1 aromatic heterocycles. The average molecular weight is 514 g/mol. The van der Waals surface area contributed by atoms with Crippen LogP contribution in [-0.4, -0.2) is 39.8 Å². The van der Waals surface area contributed by atoms with Crippen molar-refractivity contribution in [1.82, 2.24) is 4.98 Å². The molecule has 1 N–H and O–H groups in total. The van der Waals surface area contributed by atoms with Crippen molar-refractivity contribution in [3.05, 3.63) is 90.9 Å². The fourth-order valence-corrected chi connectivity index (χ4v) is 4.82. The van der Waals surface area contributed by atoms with Crippen molar-refractivity contribution in [3.63, 3.8) is 0 Å². The molecule has 1 amide bonds. The number of thiazole rings is 1. The molecule has 0 aliphatic carbocycles. The molecule has 1 unspecified atom stereocenters. The summed E-state index contributed by atoms with van der Waals surface area (Å²) in [5, 5.41) is 22.9. The molecule has 178 valence electrons. The molecular weight excluding hydrogens is 498 g/mol. The van der Waals surface area contributed by atoms with Crippen LogP contribution in [0.3, 0.4) is 0 Å². The van der Waals surface area contributed by atoms with E-state index in [2.05, 4.69) is 4.98 Å². The van der Waals surface area contributed by atoms with Gasteiger partial charge in [0.25, 0.3) is 11.5 Å². The van der Waals surface area contributed by atoms with Gasteiger partial charge in [-0.15, -0.1) is 0 Å². The SMILES string of the molecule is COC(=O)c1sc(N2C(=O)C(=O)/C(=C(\O)c3ccc(Cl)cc3)C2c2cccc([N+](=O)[O-])c2)nc1C. The molecule has 0 saturated carbocycles. The summed E-state index contributed by atoms with van der Waals surface area (Å²) in [5.41, 5.74) is 0.125. The second-order valence-corrected chi connectivity index (χ2v) is 8.84. The zero-order valence-electron chi connectivity index (χ0n) is 18.2. The van der Waals surface area contributed by atoms with Crippen molar-refractivity contribution in [2.75, 3.05) is 12.0 Å². The van der Waals surface area contributed by atoms with E-state index >= 15 is 0 Å². The topological polar surface area (TPSA) is 140 Å². The normalized spacial score (nSPS) is 17.0. The van der Waals surface area contributed by atoms with Crippen LogP contribution in [0.25, 0.3) is 5.76 Å². The van der Waals surface area contributed by atoms with E-state index in [1.165, 1.54) is 55.6 Å². The average Bonchev–Trinajstić information content (AvgIpc) is 3.35. The molecule has 1 aliphatic heterocycles. The van der Waals surface area contributed by atoms with E-state index in [-0.39, 0.29) is 38.1 Å². The number of benzene rings is 2. The summed E-state index contributed by atoms with van der Waals surface area (Å²) in [6, 6.07) is 10.1. The van der Waals surface area contributed by atoms with Gasteiger partial charge in [-0.1, -0.05) is 35.1 Å². The number of carbonyl (C=O) groups is 3. The minimum Gasteiger partial charge on any atom is -0.507 e. The highest BCUT2D eigenvalue weighted by atomic mass is 35.5. The molecule has 0 spiro atoms. The molecule has 0 bridgehead atoms. The van der Waals surface area contributed by atoms with Crippen molar-refractivity contribution >= 4 is 57.2 Å². The van der Waals surface area contributed by atoms with Crippen LogP contribution in [0.5, 0.6) is 0 Å². The number of esters is 1. The molecule has 1 aliphatic rings. The van der Waals surface area contributed by atoms with E-state index < -0.39 is 34.4 Å². The van der Waals surface area contributed by atoms with Gasteiger partial charge in [-0.3, -0.25) is 24.6 Å². The summed E-state index contributed by atoms with van der Waals surface area (Å²) < 4.78 is 4.75. The Kier molecular flexibility index (Phi) is 6.37. The lowest BCUT2D eigenvalue weighted by atomic mass is 9.95. The number of nitrogens with zero attached hydrogens (tertiary/aromatic N) is 3. The van der Waals surface area contributed by atoms with Crippen LogP contribution >= 0.6 is 22.9 Å². The molecule has 4 rings (SSSR count). The number of methoxy groups -OCH3 is 1. The fraction of sp³-hybridized carbons (Fsp3) is 0.130. The number of anilines is 1. The summed E-state index contributed by atoms with van der Waals surface area (Å²) in [4.78, 5) is 54.7. The zero-order valence-corrected chi connectivity index (χ0v) is 19.8. The monoisotopic (exact) mass is 513 g/mol. The highest BCUT2D eigenvalue weighted by Gasteiger charge is 2.48. The van der Waals surface area contributed by atoms with Gasteiger partial charge in [0.15, 0.2) is 5.13 Å². The van der Waals surface area contributed by atoms with Crippen molar-refractivity contribution in [3.8, 4) is 0 Å². The number of amides is 1. The largest absolute Gasteiger partial charge is 0.507 e. The lowest BCUT2D eigenvalue weighted by molar-refractivity contribution is -0.384. The predicted octanol–water partition coefficient (Wildman–Crippen LogP) is 4.43. The summed E-state index contributed by atoms with van der Waals surface area (Å²) in [5.74, 6) is -3.18. The maximum Gasteiger partial charge on any atom is 0.350 e. The first-order valence-corrected chi connectivity index (χ1v) is 11.2. The number of hydrogen-bond acceptors (Lipinski definition) is 9. The van der Waals surface area contributed by atoms with Gasteiger partial charge in [0.05, 0.1) is 29.3 Å². The van der Waals surface area contributed by atoms with E-state index in [9.17, 15) is 29.6 Å². The third-order valence-corrected chi connectivity index (χ3v) is 6.71. The van der Waals surface area contributed by atoms with E-state index in [0.29, 0.717) is 5.02 Å². The summed E-state index contributed by atoms with van der Waals surface area (Å²) in [7, 11) is 1.20. The second-order valence-electron chi connectivity index (χ2n) is 7.43. The Morgan fingerprint density at radius 1 is 1.23 bits per heavy atom. The Morgan fingerprint density at radius 3 is 2.54 bits per heavy atom. The van der Waals surface area contributed by atoms with Gasteiger partial charge < -0.3 is 9.84 Å². The molecule has 35 heavy (non-hydrogen) atoms. The molecule has 10 nitrogen and oxygen atoms in total. The number of aliphatic hydroxyl groups excluding tert-OH is 1. The van der Waals surface area contributed by atoms with Crippen LogP contribution in [0, 0.1) is 17.0 Å². The minimum atomic E-state index is -1.25. The Bertz CT molecular complexity index is 1410. The second kappa shape index (κ2) is 9.28. The molecule has 3 aromatic rings. The number of ketones is 1. The number of aromatic nitrogens is 1. The molecule has 2 aromatic carbocycles. The number of ether oxygens (including phenoxy) is 1. The Labute approximate surface area is 207 Å². The molecule has 12 heteroatoms. The maximum absolute atomic E-state index is 13.2. The first-order valence-electron chi connectivity index (χ1n) is 10.0. The number of nitro benzene ring substituents is 1. The third kappa shape index (κ3) is 4.27. The summed E-state index contributed by atoms with van der Waals surface area (Å²) in [6.45, 7) is 1.54. The highest BCUT2D eigenvalue weighted by molar-refractivity contribution is 7.17. The van der Waals surface area contributed by atoms with Crippen molar-refractivity contribution < 1.29 is 29.2 Å². The van der Waals surface area contributed by atoms with Crippen LogP contribution in [0.15, 0.2) is 54.1 Å². The molecule has 1 saturated heterocycles. The molecular formula is C23H16ClN3O7S. The van der Waals surface area contributed by atoms with Gasteiger partial charge in [-0.05, 0) is 36.8 Å². The van der Waals surface area contributed by atoms with Gasteiger partial charge in [-0.25, -0.2) is 9.78 Å². The molecule has 1 fully saturated rings. The van der Waals surface area contributed by atoms with E-state index in [1.807, 2.05) is 0 Å². The van der Waals surface area contributed by atoms with Gasteiger partial charge in [0.2, 0.25) is 0 Å². The molecule has 0 radical (unpaired) electrons. The first-order chi connectivity index (χ1) is 16.6. The number of aliphatic hydroxyl groups is 1. The quantitative estimate of drug-likeness (QED) is 0.132. The fourth-order valence-electron chi connectivity index (χ4n) is 3.68. The number of rotatable bonds is 5. The summed E-state index contributed by atoms with van der Waals surface area (Å²) >= 11 is 6.75. The maximum atomic E-state index is 13.2. The van der Waals surface area contributed by atoms with Crippen molar-refractivity contribution in [2.45, 2.75) is 13.0 Å². The van der Waals surface area contributed by atoms with Crippen molar-refractivity contribution in [1.29, 1.82) is 0 Å². The van der Waals surface area contributed by atoms with Crippen LogP contribution in [0.1, 0.15) is 32.5 Å². The molecule has 1 atom stereocenters. The number of Topliss-reactive ketones (excluding diaryl/α,β-unsaturated/α-hetero) is 1. The zero-order chi connectivity index (χ0) is 25.4. The third-order valence-electron chi connectivity index (χ3n) is 5.32. The van der Waals surface area contributed by atoms with E-state index in [1.54, 1.807) is 6.92 Å². The van der Waals surface area contributed by atoms with Gasteiger partial charge in [0, 0.05) is 22.7 Å². The van der Waals surface area contributed by atoms with Crippen LogP contribution < -0.4 is 4.90 Å². The standard InChI is InChI=1S/C23H16ClN3O7S/c1-11-20(22(31)34-2)35-23(25-11)26-17(13-4-3-5-15(10-13)27(32)33)16(19(29)21(26)30)18(28)12-6-8-14(24)9-7-12/h3-10,17,28H,1-2H3/b18-16-. The van der Waals surface area contributed by atoms with E-state index in [4.69, 9.17) is 16.3 Å². The Hall–Kier alpha value is -4.09. The highest BCUT2D eigenvalue weighted by Crippen LogP contribution is 2.44. The number of carbonyl (C=O) groups excluding carboxylic acids is 3. The van der Waals surface area contributed by atoms with Crippen LogP contribution in [0.4, 0.5) is 10.8 Å². The Morgan fingerprint density at radius 2 is 1.91 bits per heavy atom. The number of non-ortho nitro benzene ring substituents is 1. The Balaban J connectivity index is 1.96. The van der Waals surface area contributed by atoms with Crippen LogP contribution in [0.2, 0.25) is 5.02 Å². The number of halogens is 1. The van der Waals surface area contributed by atoms with E-state index in [0.717, 1.165) is 16.2 Å². The predicted molar refractivity (Wildman–Crippen MR) is 128 cm³/mol. The van der Waals surface area contributed by atoms with Gasteiger partial charge in [-0.2, -0.15) is 0 Å². The minimum absolute atomic E-state index is 0.00309. The van der Waals surface area contributed by atoms with Gasteiger partial charge >= 0.3 is 11.9 Å². The lowest BCUT2D eigenvalue weighted by Gasteiger charge is -2.22.